The lowest BCUT2D eigenvalue weighted by molar-refractivity contribution is -0.116. The maximum absolute atomic E-state index is 12.5. The maximum Gasteiger partial charge on any atom is 0.243 e. The van der Waals surface area contributed by atoms with E-state index in [2.05, 4.69) is 24.1 Å². The summed E-state index contributed by atoms with van der Waals surface area (Å²) in [5.41, 5.74) is 1.76. The Morgan fingerprint density at radius 2 is 1.67 bits per heavy atom. The molecule has 0 saturated heterocycles. The highest BCUT2D eigenvalue weighted by molar-refractivity contribution is 7.89. The van der Waals surface area contributed by atoms with Gasteiger partial charge < -0.3 is 5.32 Å². The Morgan fingerprint density at radius 1 is 1.00 bits per heavy atom. The van der Waals surface area contributed by atoms with Gasteiger partial charge in [0, 0.05) is 19.3 Å². The van der Waals surface area contributed by atoms with Crippen molar-refractivity contribution in [1.29, 1.82) is 0 Å². The number of nitrogens with zero attached hydrogens (tertiary/aromatic N) is 2. The number of benzene rings is 2. The molecule has 6 nitrogen and oxygen atoms in total. The molecule has 0 aromatic heterocycles. The summed E-state index contributed by atoms with van der Waals surface area (Å²) in [5.74, 6) is -0.378. The van der Waals surface area contributed by atoms with Crippen LogP contribution in [-0.4, -0.2) is 50.2 Å². The number of anilines is 1. The zero-order chi connectivity index (χ0) is 19.9. The fourth-order valence-corrected chi connectivity index (χ4v) is 3.86. The van der Waals surface area contributed by atoms with E-state index >= 15 is 0 Å². The Labute approximate surface area is 161 Å². The summed E-state index contributed by atoms with van der Waals surface area (Å²) in [6.07, 6.45) is 0. The second-order valence-electron chi connectivity index (χ2n) is 6.28. The highest BCUT2D eigenvalue weighted by atomic mass is 32.2. The molecule has 0 aliphatic heterocycles. The van der Waals surface area contributed by atoms with E-state index in [0.717, 1.165) is 29.5 Å². The van der Waals surface area contributed by atoms with Crippen LogP contribution < -0.4 is 5.32 Å². The molecule has 146 valence electrons. The van der Waals surface area contributed by atoms with Crippen LogP contribution >= 0.6 is 0 Å². The molecule has 0 aliphatic rings. The number of rotatable bonds is 9. The van der Waals surface area contributed by atoms with Crippen LogP contribution in [0.4, 0.5) is 5.69 Å². The lowest BCUT2D eigenvalue weighted by Gasteiger charge is -2.19. The molecule has 0 heterocycles. The third-order valence-corrected chi connectivity index (χ3v) is 6.15. The SMILES string of the molecule is CCN(CC)Cc1cccc(NC(=O)CN(C)S(=O)(=O)c2ccccc2)c1. The molecule has 0 fully saturated rings. The van der Waals surface area contributed by atoms with Crippen LogP contribution in [0, 0.1) is 0 Å². The van der Waals surface area contributed by atoms with Crippen molar-refractivity contribution in [3.05, 3.63) is 60.2 Å². The van der Waals surface area contributed by atoms with Crippen LogP contribution in [0.15, 0.2) is 59.5 Å². The molecule has 2 aromatic rings. The topological polar surface area (TPSA) is 69.7 Å². The van der Waals surface area contributed by atoms with Gasteiger partial charge in [0.25, 0.3) is 0 Å². The van der Waals surface area contributed by atoms with E-state index in [0.29, 0.717) is 5.69 Å². The summed E-state index contributed by atoms with van der Waals surface area (Å²) in [4.78, 5) is 14.8. The average molecular weight is 390 g/mol. The van der Waals surface area contributed by atoms with Crippen molar-refractivity contribution in [2.75, 3.05) is 32.0 Å². The molecular weight excluding hydrogens is 362 g/mol. The van der Waals surface area contributed by atoms with E-state index < -0.39 is 10.0 Å². The Bertz CT molecular complexity index is 850. The van der Waals surface area contributed by atoms with Gasteiger partial charge in [-0.1, -0.05) is 44.2 Å². The minimum atomic E-state index is -3.69. The molecular formula is C20H27N3O3S. The fourth-order valence-electron chi connectivity index (χ4n) is 2.71. The van der Waals surface area contributed by atoms with Crippen LogP contribution in [-0.2, 0) is 21.4 Å². The lowest BCUT2D eigenvalue weighted by atomic mass is 10.2. The quantitative estimate of drug-likeness (QED) is 0.716. The normalized spacial score (nSPS) is 11.7. The van der Waals surface area contributed by atoms with Gasteiger partial charge in [0.05, 0.1) is 11.4 Å². The van der Waals surface area contributed by atoms with Crippen LogP contribution in [0.25, 0.3) is 0 Å². The summed E-state index contributed by atoms with van der Waals surface area (Å²) in [6.45, 7) is 6.68. The zero-order valence-corrected chi connectivity index (χ0v) is 16.9. The van der Waals surface area contributed by atoms with E-state index in [4.69, 9.17) is 0 Å². The number of amides is 1. The molecule has 2 rings (SSSR count). The summed E-state index contributed by atoms with van der Waals surface area (Å²) in [7, 11) is -2.29. The Morgan fingerprint density at radius 3 is 2.30 bits per heavy atom. The highest BCUT2D eigenvalue weighted by Gasteiger charge is 2.22. The fraction of sp³-hybridized carbons (Fsp3) is 0.350. The van der Waals surface area contributed by atoms with Crippen molar-refractivity contribution in [2.24, 2.45) is 0 Å². The van der Waals surface area contributed by atoms with Gasteiger partial charge in [0.2, 0.25) is 15.9 Å². The minimum Gasteiger partial charge on any atom is -0.325 e. The van der Waals surface area contributed by atoms with Gasteiger partial charge in [-0.15, -0.1) is 0 Å². The van der Waals surface area contributed by atoms with Crippen LogP contribution in [0.5, 0.6) is 0 Å². The first-order valence-corrected chi connectivity index (χ1v) is 10.4. The van der Waals surface area contributed by atoms with E-state index in [1.807, 2.05) is 18.2 Å². The van der Waals surface area contributed by atoms with Gasteiger partial charge in [-0.2, -0.15) is 4.31 Å². The molecule has 0 unspecified atom stereocenters. The second-order valence-corrected chi connectivity index (χ2v) is 8.33. The number of likely N-dealkylation sites (N-methyl/N-ethyl adjacent to an activating group) is 1. The first-order chi connectivity index (χ1) is 12.9. The molecule has 2 aromatic carbocycles. The van der Waals surface area contributed by atoms with Crippen molar-refractivity contribution in [3.63, 3.8) is 0 Å². The summed E-state index contributed by atoms with van der Waals surface area (Å²) < 4.78 is 26.1. The molecule has 0 atom stereocenters. The summed E-state index contributed by atoms with van der Waals surface area (Å²) >= 11 is 0. The zero-order valence-electron chi connectivity index (χ0n) is 16.1. The largest absolute Gasteiger partial charge is 0.325 e. The molecule has 0 spiro atoms. The molecule has 0 aliphatic carbocycles. The van der Waals surface area contributed by atoms with Gasteiger partial charge in [0.1, 0.15) is 0 Å². The standard InChI is InChI=1S/C20H27N3O3S/c1-4-23(5-2)15-17-10-9-11-18(14-17)21-20(24)16-22(3)27(25,26)19-12-7-6-8-13-19/h6-14H,4-5,15-16H2,1-3H3,(H,21,24). The molecule has 0 bridgehead atoms. The maximum atomic E-state index is 12.5. The third kappa shape index (κ3) is 5.89. The summed E-state index contributed by atoms with van der Waals surface area (Å²) in [5, 5.41) is 2.78. The Kier molecular flexibility index (Phi) is 7.53. The number of carbonyl (C=O) groups is 1. The number of sulfonamides is 1. The van der Waals surface area contributed by atoms with Gasteiger partial charge >= 0.3 is 0 Å². The molecule has 1 N–H and O–H groups in total. The van der Waals surface area contributed by atoms with E-state index in [1.54, 1.807) is 24.3 Å². The van der Waals surface area contributed by atoms with Gasteiger partial charge in [-0.25, -0.2) is 8.42 Å². The predicted octanol–water partition coefficient (Wildman–Crippen LogP) is 2.79. The minimum absolute atomic E-state index is 0.168. The van der Waals surface area contributed by atoms with Crippen molar-refractivity contribution >= 4 is 21.6 Å². The molecule has 0 radical (unpaired) electrons. The second kappa shape index (κ2) is 9.64. The smallest absolute Gasteiger partial charge is 0.243 e. The Balaban J connectivity index is 2.01. The molecule has 7 heteroatoms. The molecule has 1 amide bonds. The van der Waals surface area contributed by atoms with Gasteiger partial charge in [0.15, 0.2) is 0 Å². The third-order valence-electron chi connectivity index (χ3n) is 4.33. The first kappa shape index (κ1) is 21.1. The van der Waals surface area contributed by atoms with Crippen molar-refractivity contribution in [2.45, 2.75) is 25.3 Å². The molecule has 27 heavy (non-hydrogen) atoms. The van der Waals surface area contributed by atoms with Gasteiger partial charge in [-0.3, -0.25) is 9.69 Å². The molecule has 0 saturated carbocycles. The van der Waals surface area contributed by atoms with Crippen LogP contribution in [0.2, 0.25) is 0 Å². The lowest BCUT2D eigenvalue weighted by Crippen LogP contribution is -2.35. The number of hydrogen-bond donors (Lipinski definition) is 1. The van der Waals surface area contributed by atoms with Crippen LogP contribution in [0.3, 0.4) is 0 Å². The average Bonchev–Trinajstić information content (AvgIpc) is 2.66. The predicted molar refractivity (Wildman–Crippen MR) is 108 cm³/mol. The number of nitrogens with one attached hydrogen (secondary N) is 1. The highest BCUT2D eigenvalue weighted by Crippen LogP contribution is 2.15. The van der Waals surface area contributed by atoms with E-state index in [9.17, 15) is 13.2 Å². The number of hydrogen-bond acceptors (Lipinski definition) is 4. The van der Waals surface area contributed by atoms with Gasteiger partial charge in [-0.05, 0) is 42.9 Å². The first-order valence-electron chi connectivity index (χ1n) is 8.99. The van der Waals surface area contributed by atoms with Crippen molar-refractivity contribution in [1.82, 2.24) is 9.21 Å². The van der Waals surface area contributed by atoms with E-state index in [-0.39, 0.29) is 17.3 Å². The monoisotopic (exact) mass is 389 g/mol. The van der Waals surface area contributed by atoms with E-state index in [1.165, 1.54) is 19.2 Å². The Hall–Kier alpha value is -2.22. The summed E-state index contributed by atoms with van der Waals surface area (Å²) in [6, 6.07) is 15.7. The van der Waals surface area contributed by atoms with Crippen molar-refractivity contribution < 1.29 is 13.2 Å². The van der Waals surface area contributed by atoms with Crippen LogP contribution in [0.1, 0.15) is 19.4 Å². The number of carbonyl (C=O) groups excluding carboxylic acids is 1. The van der Waals surface area contributed by atoms with Crippen molar-refractivity contribution in [3.8, 4) is 0 Å².